The molecule has 0 radical (unpaired) electrons. The fourth-order valence-electron chi connectivity index (χ4n) is 2.18. The molecule has 0 spiro atoms. The van der Waals surface area contributed by atoms with Crippen LogP contribution in [0.5, 0.6) is 0 Å². The summed E-state index contributed by atoms with van der Waals surface area (Å²) in [7, 11) is 0. The zero-order chi connectivity index (χ0) is 14.0. The summed E-state index contributed by atoms with van der Waals surface area (Å²) in [5.41, 5.74) is 5.48. The average Bonchev–Trinajstić information content (AvgIpc) is 3.17. The van der Waals surface area contributed by atoms with Crippen LogP contribution in [-0.2, 0) is 0 Å². The maximum atomic E-state index is 13.9. The SMILES string of the molecule is NCC(NC1CC1)C(c1cccc(Cl)c1F)C(F)F. The molecule has 2 unspecified atom stereocenters. The van der Waals surface area contributed by atoms with Crippen molar-refractivity contribution in [3.05, 3.63) is 34.6 Å². The predicted octanol–water partition coefficient (Wildman–Crippen LogP) is 2.91. The number of alkyl halides is 2. The number of nitrogens with one attached hydrogen (secondary N) is 1. The first-order valence-corrected chi connectivity index (χ1v) is 6.60. The van der Waals surface area contributed by atoms with Crippen molar-refractivity contribution in [3.8, 4) is 0 Å². The lowest BCUT2D eigenvalue weighted by Crippen LogP contribution is -2.45. The van der Waals surface area contributed by atoms with E-state index in [4.69, 9.17) is 17.3 Å². The molecule has 19 heavy (non-hydrogen) atoms. The van der Waals surface area contributed by atoms with Crippen molar-refractivity contribution in [2.75, 3.05) is 6.54 Å². The highest BCUT2D eigenvalue weighted by Gasteiger charge is 2.36. The molecule has 1 fully saturated rings. The van der Waals surface area contributed by atoms with E-state index in [2.05, 4.69) is 5.32 Å². The smallest absolute Gasteiger partial charge is 0.247 e. The average molecular weight is 293 g/mol. The van der Waals surface area contributed by atoms with Crippen LogP contribution in [0.4, 0.5) is 13.2 Å². The maximum Gasteiger partial charge on any atom is 0.247 e. The van der Waals surface area contributed by atoms with Crippen molar-refractivity contribution in [1.82, 2.24) is 5.32 Å². The van der Waals surface area contributed by atoms with Gasteiger partial charge in [0.15, 0.2) is 0 Å². The van der Waals surface area contributed by atoms with Crippen LogP contribution in [0, 0.1) is 5.82 Å². The number of halogens is 4. The molecule has 0 aliphatic heterocycles. The van der Waals surface area contributed by atoms with Crippen LogP contribution in [0.15, 0.2) is 18.2 Å². The Morgan fingerprint density at radius 2 is 2.05 bits per heavy atom. The third-order valence-corrected chi connectivity index (χ3v) is 3.62. The minimum atomic E-state index is -2.70. The standard InChI is InChI=1S/C13H16ClF3N2/c14-9-3-1-2-8(12(9)15)11(13(16)17)10(6-18)19-7-4-5-7/h1-3,7,10-11,13,19H,4-6,18H2. The second-order valence-electron chi connectivity index (χ2n) is 4.79. The van der Waals surface area contributed by atoms with Crippen molar-refractivity contribution in [3.63, 3.8) is 0 Å². The van der Waals surface area contributed by atoms with Crippen molar-refractivity contribution < 1.29 is 13.2 Å². The van der Waals surface area contributed by atoms with Crippen LogP contribution in [-0.4, -0.2) is 25.1 Å². The summed E-state index contributed by atoms with van der Waals surface area (Å²) in [6.45, 7) is 0.0253. The van der Waals surface area contributed by atoms with E-state index >= 15 is 0 Å². The molecule has 1 aliphatic rings. The number of benzene rings is 1. The van der Waals surface area contributed by atoms with E-state index in [9.17, 15) is 13.2 Å². The fraction of sp³-hybridized carbons (Fsp3) is 0.538. The lowest BCUT2D eigenvalue weighted by atomic mass is 9.91. The first kappa shape index (κ1) is 14.6. The van der Waals surface area contributed by atoms with Crippen molar-refractivity contribution in [2.24, 2.45) is 5.73 Å². The van der Waals surface area contributed by atoms with E-state index in [1.54, 1.807) is 0 Å². The van der Waals surface area contributed by atoms with Gasteiger partial charge in [-0.1, -0.05) is 23.7 Å². The van der Waals surface area contributed by atoms with E-state index < -0.39 is 24.2 Å². The molecule has 0 saturated heterocycles. The van der Waals surface area contributed by atoms with Crippen LogP contribution in [0.1, 0.15) is 24.3 Å². The molecule has 2 rings (SSSR count). The zero-order valence-electron chi connectivity index (χ0n) is 10.3. The summed E-state index contributed by atoms with van der Waals surface area (Å²) in [6.07, 6.45) is -0.803. The molecule has 6 heteroatoms. The first-order chi connectivity index (χ1) is 9.04. The van der Waals surface area contributed by atoms with Crippen LogP contribution in [0.2, 0.25) is 5.02 Å². The quantitative estimate of drug-likeness (QED) is 0.846. The van der Waals surface area contributed by atoms with E-state index in [1.807, 2.05) is 0 Å². The molecular weight excluding hydrogens is 277 g/mol. The molecule has 0 amide bonds. The topological polar surface area (TPSA) is 38.0 Å². The Balaban J connectivity index is 2.29. The Morgan fingerprint density at radius 1 is 1.37 bits per heavy atom. The van der Waals surface area contributed by atoms with Crippen LogP contribution >= 0.6 is 11.6 Å². The van der Waals surface area contributed by atoms with Gasteiger partial charge in [0, 0.05) is 18.6 Å². The molecule has 0 bridgehead atoms. The van der Waals surface area contributed by atoms with Gasteiger partial charge < -0.3 is 11.1 Å². The summed E-state index contributed by atoms with van der Waals surface area (Å²) in [4.78, 5) is 0. The summed E-state index contributed by atoms with van der Waals surface area (Å²) < 4.78 is 40.5. The third kappa shape index (κ3) is 3.41. The second kappa shape index (κ2) is 6.11. The number of hydrogen-bond donors (Lipinski definition) is 2. The van der Waals surface area contributed by atoms with Gasteiger partial charge in [-0.05, 0) is 24.5 Å². The Labute approximate surface area is 115 Å². The van der Waals surface area contributed by atoms with Crippen molar-refractivity contribution >= 4 is 11.6 Å². The predicted molar refractivity (Wildman–Crippen MR) is 69.2 cm³/mol. The Morgan fingerprint density at radius 3 is 2.58 bits per heavy atom. The Bertz CT molecular complexity index is 438. The van der Waals surface area contributed by atoms with Crippen LogP contribution in [0.25, 0.3) is 0 Å². The molecule has 2 nitrogen and oxygen atoms in total. The van der Waals surface area contributed by atoms with Crippen molar-refractivity contribution in [1.29, 1.82) is 0 Å². The monoisotopic (exact) mass is 292 g/mol. The number of hydrogen-bond acceptors (Lipinski definition) is 2. The van der Waals surface area contributed by atoms with Gasteiger partial charge in [-0.15, -0.1) is 0 Å². The Kier molecular flexibility index (Phi) is 4.71. The lowest BCUT2D eigenvalue weighted by molar-refractivity contribution is 0.0940. The molecule has 3 N–H and O–H groups in total. The van der Waals surface area contributed by atoms with E-state index in [-0.39, 0.29) is 23.2 Å². The highest BCUT2D eigenvalue weighted by molar-refractivity contribution is 6.30. The van der Waals surface area contributed by atoms with E-state index in [0.717, 1.165) is 12.8 Å². The van der Waals surface area contributed by atoms with Gasteiger partial charge in [0.25, 0.3) is 0 Å². The van der Waals surface area contributed by atoms with Gasteiger partial charge in [-0.25, -0.2) is 13.2 Å². The highest BCUT2D eigenvalue weighted by Crippen LogP contribution is 2.33. The Hall–Kier alpha value is -0.780. The molecule has 1 aliphatic carbocycles. The first-order valence-electron chi connectivity index (χ1n) is 6.22. The van der Waals surface area contributed by atoms with Crippen LogP contribution in [0.3, 0.4) is 0 Å². The van der Waals surface area contributed by atoms with Crippen LogP contribution < -0.4 is 11.1 Å². The minimum absolute atomic E-state index is 0.0253. The van der Waals surface area contributed by atoms with E-state index in [1.165, 1.54) is 18.2 Å². The maximum absolute atomic E-state index is 13.9. The summed E-state index contributed by atoms with van der Waals surface area (Å²) in [6, 6.07) is 3.72. The zero-order valence-corrected chi connectivity index (χ0v) is 11.0. The summed E-state index contributed by atoms with van der Waals surface area (Å²) in [5, 5.41) is 2.90. The lowest BCUT2D eigenvalue weighted by Gasteiger charge is -2.27. The normalized spacial score (nSPS) is 18.6. The van der Waals surface area contributed by atoms with Gasteiger partial charge in [-0.3, -0.25) is 0 Å². The summed E-state index contributed by atoms with van der Waals surface area (Å²) in [5.74, 6) is -2.07. The number of rotatable bonds is 6. The number of nitrogens with two attached hydrogens (primary N) is 1. The molecule has 106 valence electrons. The fourth-order valence-corrected chi connectivity index (χ4v) is 2.36. The second-order valence-corrected chi connectivity index (χ2v) is 5.19. The molecule has 1 saturated carbocycles. The van der Waals surface area contributed by atoms with Gasteiger partial charge in [0.2, 0.25) is 6.43 Å². The molecule has 0 heterocycles. The third-order valence-electron chi connectivity index (χ3n) is 3.33. The molecule has 2 atom stereocenters. The van der Waals surface area contributed by atoms with Crippen molar-refractivity contribution in [2.45, 2.75) is 37.3 Å². The van der Waals surface area contributed by atoms with Gasteiger partial charge in [0.1, 0.15) is 5.82 Å². The highest BCUT2D eigenvalue weighted by atomic mass is 35.5. The molecule has 1 aromatic carbocycles. The van der Waals surface area contributed by atoms with Gasteiger partial charge in [0.05, 0.1) is 10.9 Å². The molecular formula is C13H16ClF3N2. The van der Waals surface area contributed by atoms with Gasteiger partial charge in [-0.2, -0.15) is 0 Å². The minimum Gasteiger partial charge on any atom is -0.329 e. The van der Waals surface area contributed by atoms with Gasteiger partial charge >= 0.3 is 0 Å². The summed E-state index contributed by atoms with van der Waals surface area (Å²) >= 11 is 5.66. The molecule has 1 aromatic rings. The van der Waals surface area contributed by atoms with E-state index in [0.29, 0.717) is 0 Å². The molecule has 0 aromatic heterocycles. The largest absolute Gasteiger partial charge is 0.329 e.